The first-order chi connectivity index (χ1) is 17.6. The number of fused-ring (bicyclic) bond motifs is 1. The van der Waals surface area contributed by atoms with Crippen molar-refractivity contribution < 1.29 is 14.3 Å². The lowest BCUT2D eigenvalue weighted by molar-refractivity contribution is -0.117. The minimum atomic E-state index is -0.00960. The summed E-state index contributed by atoms with van der Waals surface area (Å²) in [4.78, 5) is 19.8. The quantitative estimate of drug-likeness (QED) is 0.286. The molecule has 6 nitrogen and oxygen atoms in total. The lowest BCUT2D eigenvalue weighted by atomic mass is 9.99. The van der Waals surface area contributed by atoms with Crippen LogP contribution in [0.1, 0.15) is 49.9 Å². The summed E-state index contributed by atoms with van der Waals surface area (Å²) in [6.45, 7) is 6.19. The predicted octanol–water partition coefficient (Wildman–Crippen LogP) is 6.16. The fraction of sp³-hybridized carbons (Fsp3) is 0.333. The summed E-state index contributed by atoms with van der Waals surface area (Å²) < 4.78 is 13.8. The molecule has 36 heavy (non-hydrogen) atoms. The molecule has 1 aliphatic heterocycles. The molecule has 0 saturated carbocycles. The maximum absolute atomic E-state index is 13.1. The molecular formula is C30H33N3O3. The number of carbonyl (C=O) groups excluding carboxylic acids is 1. The van der Waals surface area contributed by atoms with E-state index in [4.69, 9.17) is 14.5 Å². The van der Waals surface area contributed by atoms with Gasteiger partial charge < -0.3 is 18.9 Å². The third kappa shape index (κ3) is 4.68. The van der Waals surface area contributed by atoms with Gasteiger partial charge in [0.05, 0.1) is 30.4 Å². The smallest absolute Gasteiger partial charge is 0.227 e. The van der Waals surface area contributed by atoms with Gasteiger partial charge in [0, 0.05) is 18.9 Å². The first kappa shape index (κ1) is 23.9. The largest absolute Gasteiger partial charge is 0.495 e. The molecule has 0 spiro atoms. The summed E-state index contributed by atoms with van der Waals surface area (Å²) >= 11 is 0. The van der Waals surface area contributed by atoms with E-state index in [1.165, 1.54) is 5.56 Å². The second kappa shape index (κ2) is 10.4. The number of rotatable bonds is 9. The van der Waals surface area contributed by atoms with Gasteiger partial charge in [-0.05, 0) is 54.3 Å². The monoisotopic (exact) mass is 483 g/mol. The summed E-state index contributed by atoms with van der Waals surface area (Å²) in [6, 6.07) is 24.2. The fourth-order valence-corrected chi connectivity index (χ4v) is 4.99. The number of ether oxygens (including phenoxy) is 2. The molecule has 5 rings (SSSR count). The van der Waals surface area contributed by atoms with Crippen LogP contribution in [-0.4, -0.2) is 35.7 Å². The molecule has 1 fully saturated rings. The van der Waals surface area contributed by atoms with E-state index in [2.05, 4.69) is 48.7 Å². The highest BCUT2D eigenvalue weighted by Crippen LogP contribution is 2.37. The van der Waals surface area contributed by atoms with Gasteiger partial charge in [0.15, 0.2) is 0 Å². The van der Waals surface area contributed by atoms with Crippen LogP contribution in [0.25, 0.3) is 11.0 Å². The molecule has 4 aromatic rings. The van der Waals surface area contributed by atoms with Crippen molar-refractivity contribution in [1.29, 1.82) is 0 Å². The van der Waals surface area contributed by atoms with Crippen LogP contribution in [0, 0.1) is 0 Å². The van der Waals surface area contributed by atoms with E-state index in [1.807, 2.05) is 47.4 Å². The highest BCUT2D eigenvalue weighted by atomic mass is 16.5. The number of imidazole rings is 1. The zero-order valence-corrected chi connectivity index (χ0v) is 21.2. The number of hydrogen-bond donors (Lipinski definition) is 0. The lowest BCUT2D eigenvalue weighted by Gasteiger charge is -2.20. The molecule has 2 unspecified atom stereocenters. The number of benzene rings is 3. The van der Waals surface area contributed by atoms with Crippen molar-refractivity contribution >= 4 is 22.6 Å². The molecule has 1 amide bonds. The molecule has 1 aliphatic rings. The Morgan fingerprint density at radius 3 is 2.56 bits per heavy atom. The first-order valence-electron chi connectivity index (χ1n) is 12.7. The van der Waals surface area contributed by atoms with Gasteiger partial charge in [0.2, 0.25) is 5.91 Å². The zero-order valence-electron chi connectivity index (χ0n) is 21.2. The fourth-order valence-electron chi connectivity index (χ4n) is 4.99. The molecular weight excluding hydrogens is 450 g/mol. The van der Waals surface area contributed by atoms with E-state index >= 15 is 0 Å². The molecule has 186 valence electrons. The number of nitrogens with zero attached hydrogens (tertiary/aromatic N) is 3. The third-order valence-corrected chi connectivity index (χ3v) is 7.20. The van der Waals surface area contributed by atoms with Crippen molar-refractivity contribution in [3.8, 4) is 11.5 Å². The molecule has 0 radical (unpaired) electrons. The molecule has 6 heteroatoms. The topological polar surface area (TPSA) is 56.6 Å². The maximum Gasteiger partial charge on any atom is 0.227 e. The summed E-state index contributed by atoms with van der Waals surface area (Å²) in [5, 5.41) is 0. The van der Waals surface area contributed by atoms with Crippen molar-refractivity contribution in [3.63, 3.8) is 0 Å². The second-order valence-electron chi connectivity index (χ2n) is 9.41. The molecule has 0 bridgehead atoms. The standard InChI is InChI=1S/C30H33N3O3/c1-4-21(2)22-13-15-24(16-14-22)36-18-17-32-26-10-6-5-9-25(26)31-30(32)23-19-29(34)33(20-23)27-11-7-8-12-28(27)35-3/h5-16,21,23H,4,17-20H2,1-3H3. The minimum absolute atomic E-state index is 0.00960. The number of anilines is 1. The predicted molar refractivity (Wildman–Crippen MR) is 143 cm³/mol. The number of para-hydroxylation sites is 4. The van der Waals surface area contributed by atoms with Crippen molar-refractivity contribution in [3.05, 3.63) is 84.2 Å². The van der Waals surface area contributed by atoms with Crippen LogP contribution in [0.4, 0.5) is 5.69 Å². The Bertz CT molecular complexity index is 1350. The van der Waals surface area contributed by atoms with Crippen LogP contribution in [0.2, 0.25) is 0 Å². The lowest BCUT2D eigenvalue weighted by Crippen LogP contribution is -2.25. The number of methoxy groups -OCH3 is 1. The minimum Gasteiger partial charge on any atom is -0.495 e. The molecule has 1 saturated heterocycles. The van der Waals surface area contributed by atoms with Crippen LogP contribution in [0.15, 0.2) is 72.8 Å². The van der Waals surface area contributed by atoms with Gasteiger partial charge in [-0.2, -0.15) is 0 Å². The van der Waals surface area contributed by atoms with Gasteiger partial charge in [-0.15, -0.1) is 0 Å². The molecule has 2 atom stereocenters. The maximum atomic E-state index is 13.1. The highest BCUT2D eigenvalue weighted by molar-refractivity contribution is 5.97. The van der Waals surface area contributed by atoms with E-state index in [0.717, 1.165) is 34.7 Å². The summed E-state index contributed by atoms with van der Waals surface area (Å²) in [5.41, 5.74) is 4.14. The zero-order chi connectivity index (χ0) is 25.1. The Morgan fingerprint density at radius 2 is 1.78 bits per heavy atom. The third-order valence-electron chi connectivity index (χ3n) is 7.20. The number of carbonyl (C=O) groups is 1. The van der Waals surface area contributed by atoms with Gasteiger partial charge in [0.25, 0.3) is 0 Å². The number of aromatic nitrogens is 2. The van der Waals surface area contributed by atoms with Crippen LogP contribution in [0.5, 0.6) is 11.5 Å². The molecule has 3 aromatic carbocycles. The Hall–Kier alpha value is -3.80. The average molecular weight is 484 g/mol. The van der Waals surface area contributed by atoms with Crippen molar-refractivity contribution in [2.75, 3.05) is 25.2 Å². The molecule has 0 N–H and O–H groups in total. The van der Waals surface area contributed by atoms with E-state index < -0.39 is 0 Å². The van der Waals surface area contributed by atoms with Gasteiger partial charge >= 0.3 is 0 Å². The second-order valence-corrected chi connectivity index (χ2v) is 9.41. The summed E-state index contributed by atoms with van der Waals surface area (Å²) in [6.07, 6.45) is 1.54. The van der Waals surface area contributed by atoms with Gasteiger partial charge in [-0.1, -0.05) is 50.2 Å². The highest BCUT2D eigenvalue weighted by Gasteiger charge is 2.35. The first-order valence-corrected chi connectivity index (χ1v) is 12.7. The normalized spacial score (nSPS) is 16.5. The van der Waals surface area contributed by atoms with Crippen molar-refractivity contribution in [2.45, 2.75) is 45.1 Å². The Morgan fingerprint density at radius 1 is 1.03 bits per heavy atom. The van der Waals surface area contributed by atoms with Gasteiger partial charge in [-0.25, -0.2) is 4.98 Å². The molecule has 2 heterocycles. The van der Waals surface area contributed by atoms with E-state index in [9.17, 15) is 4.79 Å². The summed E-state index contributed by atoms with van der Waals surface area (Å²) in [5.74, 6) is 3.12. The van der Waals surface area contributed by atoms with Gasteiger partial charge in [-0.3, -0.25) is 4.79 Å². The van der Waals surface area contributed by atoms with Crippen LogP contribution < -0.4 is 14.4 Å². The van der Waals surface area contributed by atoms with Crippen LogP contribution in [0.3, 0.4) is 0 Å². The van der Waals surface area contributed by atoms with E-state index in [1.54, 1.807) is 7.11 Å². The number of hydrogen-bond acceptors (Lipinski definition) is 4. The Kier molecular flexibility index (Phi) is 6.94. The SMILES string of the molecule is CCC(C)c1ccc(OCCn2c(C3CC(=O)N(c4ccccc4OC)C3)nc3ccccc32)cc1. The van der Waals surface area contributed by atoms with Crippen molar-refractivity contribution in [1.82, 2.24) is 9.55 Å². The number of amides is 1. The van der Waals surface area contributed by atoms with Gasteiger partial charge in [0.1, 0.15) is 23.9 Å². The molecule has 1 aromatic heterocycles. The Labute approximate surface area is 212 Å². The Balaban J connectivity index is 1.36. The average Bonchev–Trinajstić information content (AvgIpc) is 3.49. The molecule has 0 aliphatic carbocycles. The van der Waals surface area contributed by atoms with Crippen LogP contribution >= 0.6 is 0 Å². The van der Waals surface area contributed by atoms with Crippen molar-refractivity contribution in [2.24, 2.45) is 0 Å². The van der Waals surface area contributed by atoms with E-state index in [0.29, 0.717) is 37.8 Å². The summed E-state index contributed by atoms with van der Waals surface area (Å²) in [7, 11) is 1.63. The van der Waals surface area contributed by atoms with Crippen LogP contribution in [-0.2, 0) is 11.3 Å². The van der Waals surface area contributed by atoms with E-state index in [-0.39, 0.29) is 11.8 Å².